The minimum absolute atomic E-state index is 1.29. The molecule has 2 N–H and O–H groups in total. The molecular formula is C5H12F2O2. The van der Waals surface area contributed by atoms with E-state index in [9.17, 15) is 8.78 Å². The molecule has 0 spiro atoms. The molecule has 0 unspecified atom stereocenters. The Bertz CT molecular complexity index is 50.9. The van der Waals surface area contributed by atoms with E-state index in [2.05, 4.69) is 0 Å². The molecule has 2 nitrogen and oxygen atoms in total. The van der Waals surface area contributed by atoms with Crippen LogP contribution in [0, 0.1) is 0 Å². The van der Waals surface area contributed by atoms with Crippen molar-refractivity contribution < 1.29 is 19.0 Å². The van der Waals surface area contributed by atoms with Gasteiger partial charge in [-0.1, -0.05) is 13.8 Å². The number of aliphatic hydroxyl groups is 2. The molecule has 0 amide bonds. The van der Waals surface area contributed by atoms with Crippen LogP contribution in [-0.4, -0.2) is 29.3 Å². The summed E-state index contributed by atoms with van der Waals surface area (Å²) in [5.41, 5.74) is 0. The lowest BCUT2D eigenvalue weighted by molar-refractivity contribution is -0.0870. The molecule has 0 rings (SSSR count). The standard InChI is InChI=1S/C3H6F2O2.C2H6/c4-3(5,1-6)2-7;1-2/h6-7H,1-2H2;1-2H3. The average Bonchev–Trinajstić information content (AvgIpc) is 1.93. The van der Waals surface area contributed by atoms with Crippen molar-refractivity contribution in [1.29, 1.82) is 0 Å². The molecule has 0 aromatic carbocycles. The molecule has 0 saturated heterocycles. The summed E-state index contributed by atoms with van der Waals surface area (Å²) < 4.78 is 22.8. The SMILES string of the molecule is CC.OCC(F)(F)CO. The van der Waals surface area contributed by atoms with Crippen LogP contribution in [0.2, 0.25) is 0 Å². The summed E-state index contributed by atoms with van der Waals surface area (Å²) in [7, 11) is 0. The van der Waals surface area contributed by atoms with Crippen molar-refractivity contribution >= 4 is 0 Å². The summed E-state index contributed by atoms with van der Waals surface area (Å²) in [6, 6.07) is 0. The Morgan fingerprint density at radius 2 is 1.33 bits per heavy atom. The van der Waals surface area contributed by atoms with Crippen molar-refractivity contribution in [3.05, 3.63) is 0 Å². The molecule has 0 saturated carbocycles. The highest BCUT2D eigenvalue weighted by Crippen LogP contribution is 2.08. The van der Waals surface area contributed by atoms with Gasteiger partial charge in [0.2, 0.25) is 0 Å². The van der Waals surface area contributed by atoms with Gasteiger partial charge in [-0.3, -0.25) is 0 Å². The van der Waals surface area contributed by atoms with Crippen molar-refractivity contribution in [2.45, 2.75) is 19.8 Å². The van der Waals surface area contributed by atoms with Gasteiger partial charge in [0.05, 0.1) is 0 Å². The minimum Gasteiger partial charge on any atom is -0.390 e. The Kier molecular flexibility index (Phi) is 7.59. The fourth-order valence-electron chi connectivity index (χ4n) is 0.0500. The molecule has 9 heavy (non-hydrogen) atoms. The molecule has 0 fully saturated rings. The molecule has 0 aromatic heterocycles. The fraction of sp³-hybridized carbons (Fsp3) is 1.00. The summed E-state index contributed by atoms with van der Waals surface area (Å²) in [6.07, 6.45) is 0. The van der Waals surface area contributed by atoms with Gasteiger partial charge in [0.25, 0.3) is 5.92 Å². The van der Waals surface area contributed by atoms with Gasteiger partial charge in [-0.25, -0.2) is 8.78 Å². The monoisotopic (exact) mass is 142 g/mol. The normalized spacial score (nSPS) is 10.0. The van der Waals surface area contributed by atoms with Crippen LogP contribution in [0.25, 0.3) is 0 Å². The van der Waals surface area contributed by atoms with E-state index in [0.717, 1.165) is 0 Å². The van der Waals surface area contributed by atoms with Crippen LogP contribution < -0.4 is 0 Å². The van der Waals surface area contributed by atoms with Crippen molar-refractivity contribution in [3.63, 3.8) is 0 Å². The summed E-state index contributed by atoms with van der Waals surface area (Å²) in [5.74, 6) is -3.31. The van der Waals surface area contributed by atoms with Crippen LogP contribution in [0.15, 0.2) is 0 Å². The molecule has 0 heterocycles. The zero-order chi connectivity index (χ0) is 7.91. The van der Waals surface area contributed by atoms with E-state index in [1.165, 1.54) is 0 Å². The Labute approximate surface area is 53.1 Å². The third kappa shape index (κ3) is 7.78. The molecule has 58 valence electrons. The second-order valence-corrected chi connectivity index (χ2v) is 1.17. The van der Waals surface area contributed by atoms with Crippen LogP contribution in [0.4, 0.5) is 8.78 Å². The Hall–Kier alpha value is -0.220. The summed E-state index contributed by atoms with van der Waals surface area (Å²) in [4.78, 5) is 0. The first-order valence-corrected chi connectivity index (χ1v) is 2.72. The lowest BCUT2D eigenvalue weighted by Gasteiger charge is -2.06. The first kappa shape index (κ1) is 11.6. The van der Waals surface area contributed by atoms with E-state index in [1.807, 2.05) is 13.8 Å². The predicted octanol–water partition coefficient (Wildman–Crippen LogP) is 0.633. The van der Waals surface area contributed by atoms with E-state index in [0.29, 0.717) is 0 Å². The van der Waals surface area contributed by atoms with Crippen molar-refractivity contribution in [3.8, 4) is 0 Å². The van der Waals surface area contributed by atoms with Crippen molar-refractivity contribution in [2.24, 2.45) is 0 Å². The molecule has 0 radical (unpaired) electrons. The molecule has 0 aromatic rings. The number of halogens is 2. The van der Waals surface area contributed by atoms with Gasteiger partial charge in [0.15, 0.2) is 0 Å². The smallest absolute Gasteiger partial charge is 0.293 e. The Balaban J connectivity index is 0. The molecule has 0 bridgehead atoms. The van der Waals surface area contributed by atoms with Crippen molar-refractivity contribution in [2.75, 3.05) is 13.2 Å². The number of hydrogen-bond acceptors (Lipinski definition) is 2. The van der Waals surface area contributed by atoms with Crippen LogP contribution in [0.5, 0.6) is 0 Å². The van der Waals surface area contributed by atoms with Crippen LogP contribution in [0.3, 0.4) is 0 Å². The largest absolute Gasteiger partial charge is 0.390 e. The molecule has 0 aliphatic carbocycles. The summed E-state index contributed by atoms with van der Waals surface area (Å²) in [6.45, 7) is 1.42. The minimum atomic E-state index is -3.31. The van der Waals surface area contributed by atoms with Crippen LogP contribution in [0.1, 0.15) is 13.8 Å². The first-order chi connectivity index (χ1) is 4.12. The maximum Gasteiger partial charge on any atom is 0.293 e. The maximum absolute atomic E-state index is 11.4. The number of hydrogen-bond donors (Lipinski definition) is 2. The highest BCUT2D eigenvalue weighted by Gasteiger charge is 2.25. The van der Waals surface area contributed by atoms with Crippen molar-refractivity contribution in [1.82, 2.24) is 0 Å². The van der Waals surface area contributed by atoms with Gasteiger partial charge in [-0.05, 0) is 0 Å². The van der Waals surface area contributed by atoms with E-state index in [1.54, 1.807) is 0 Å². The third-order valence-electron chi connectivity index (χ3n) is 0.463. The topological polar surface area (TPSA) is 40.5 Å². The van der Waals surface area contributed by atoms with E-state index < -0.39 is 19.1 Å². The zero-order valence-corrected chi connectivity index (χ0v) is 5.56. The van der Waals surface area contributed by atoms with Gasteiger partial charge in [0, 0.05) is 0 Å². The van der Waals surface area contributed by atoms with Gasteiger partial charge in [0.1, 0.15) is 13.2 Å². The highest BCUT2D eigenvalue weighted by atomic mass is 19.3. The number of aliphatic hydroxyl groups excluding tert-OH is 2. The lowest BCUT2D eigenvalue weighted by Crippen LogP contribution is -2.25. The molecule has 0 atom stereocenters. The highest BCUT2D eigenvalue weighted by molar-refractivity contribution is 4.59. The number of rotatable bonds is 2. The second kappa shape index (κ2) is 5.91. The maximum atomic E-state index is 11.4. The molecule has 0 aliphatic heterocycles. The van der Waals surface area contributed by atoms with Gasteiger partial charge in [-0.15, -0.1) is 0 Å². The zero-order valence-electron chi connectivity index (χ0n) is 5.56. The first-order valence-electron chi connectivity index (χ1n) is 2.72. The fourth-order valence-corrected chi connectivity index (χ4v) is 0.0500. The lowest BCUT2D eigenvalue weighted by atomic mass is 10.4. The molecular weight excluding hydrogens is 130 g/mol. The summed E-state index contributed by atoms with van der Waals surface area (Å²) >= 11 is 0. The quantitative estimate of drug-likeness (QED) is 0.593. The van der Waals surface area contributed by atoms with E-state index in [4.69, 9.17) is 10.2 Å². The number of alkyl halides is 2. The van der Waals surface area contributed by atoms with Crippen LogP contribution >= 0.6 is 0 Å². The molecule has 4 heteroatoms. The molecule has 0 aliphatic rings. The Morgan fingerprint density at radius 3 is 1.33 bits per heavy atom. The van der Waals surface area contributed by atoms with Gasteiger partial charge >= 0.3 is 0 Å². The average molecular weight is 142 g/mol. The van der Waals surface area contributed by atoms with Gasteiger partial charge in [-0.2, -0.15) is 0 Å². The van der Waals surface area contributed by atoms with Crippen LogP contribution in [-0.2, 0) is 0 Å². The Morgan fingerprint density at radius 1 is 1.11 bits per heavy atom. The predicted molar refractivity (Wildman–Crippen MR) is 30.5 cm³/mol. The second-order valence-electron chi connectivity index (χ2n) is 1.17. The van der Waals surface area contributed by atoms with Gasteiger partial charge < -0.3 is 10.2 Å². The van der Waals surface area contributed by atoms with E-state index >= 15 is 0 Å². The van der Waals surface area contributed by atoms with E-state index in [-0.39, 0.29) is 0 Å². The third-order valence-corrected chi connectivity index (χ3v) is 0.463. The summed E-state index contributed by atoms with van der Waals surface area (Å²) in [5, 5.41) is 15.4.